The van der Waals surface area contributed by atoms with E-state index in [0.717, 1.165) is 14.7 Å². The Kier molecular flexibility index (Phi) is 13.1. The van der Waals surface area contributed by atoms with Gasteiger partial charge in [-0.2, -0.15) is 4.98 Å². The zero-order valence-corrected chi connectivity index (χ0v) is 36.3. The lowest BCUT2D eigenvalue weighted by Gasteiger charge is -2.38. The number of carbonyl (C=O) groups is 1. The highest BCUT2D eigenvalue weighted by atomic mass is 19.1. The standard InChI is InChI=1S/C45H55FN10O7/c1-5-6-19-54-37-38(50-42(54)52-23-17-47-18-24-52)56(43(58)55(41(37)57)22-14-33-10-8-7-9-11-33)45(46)29-34(51-25-27-60-28-26-51)12-13-36(45)63-40-32(4)39(48-30-49-40)62-35-15-20-53(21-16-35)44(59)61-31(2)3/h7-13,29-31,35-36,47H,14-28H2,1-4H3. The predicted octanol–water partition coefficient (Wildman–Crippen LogP) is 3.38. The molecule has 1 amide bonds. The van der Waals surface area contributed by atoms with Crippen LogP contribution in [0.4, 0.5) is 15.1 Å². The fourth-order valence-electron chi connectivity index (χ4n) is 8.39. The van der Waals surface area contributed by atoms with Gasteiger partial charge in [0.25, 0.3) is 11.4 Å². The Bertz CT molecular complexity index is 2520. The number of likely N-dealkylation sites (tertiary alicyclic amines) is 1. The topological polar surface area (TPSA) is 163 Å². The van der Waals surface area contributed by atoms with Crippen LogP contribution in [0.3, 0.4) is 0 Å². The van der Waals surface area contributed by atoms with Crippen LogP contribution in [0.25, 0.3) is 11.2 Å². The molecule has 1 N–H and O–H groups in total. The number of carbonyl (C=O) groups excluding carboxylic acids is 1. The van der Waals surface area contributed by atoms with Gasteiger partial charge in [0, 0.05) is 83.5 Å². The molecule has 63 heavy (non-hydrogen) atoms. The number of ether oxygens (including phenoxy) is 4. The number of hydrogen-bond acceptors (Lipinski definition) is 13. The van der Waals surface area contributed by atoms with Crippen molar-refractivity contribution >= 4 is 23.2 Å². The van der Waals surface area contributed by atoms with Crippen molar-refractivity contribution in [2.75, 3.05) is 70.5 Å². The average molecular weight is 867 g/mol. The molecule has 0 saturated carbocycles. The smallest absolute Gasteiger partial charge is 0.410 e. The summed E-state index contributed by atoms with van der Waals surface area (Å²) in [5.41, 5.74) is 0.323. The number of fused-ring (bicyclic) bond motifs is 1. The number of alkyl halides is 1. The van der Waals surface area contributed by atoms with E-state index in [1.165, 1.54) is 12.4 Å². The summed E-state index contributed by atoms with van der Waals surface area (Å²) < 4.78 is 47.0. The van der Waals surface area contributed by atoms with E-state index in [1.54, 1.807) is 35.5 Å². The van der Waals surface area contributed by atoms with Gasteiger partial charge in [-0.1, -0.05) is 36.3 Å². The Labute approximate surface area is 365 Å². The highest BCUT2D eigenvalue weighted by Gasteiger charge is 2.47. The van der Waals surface area contributed by atoms with Crippen molar-refractivity contribution in [1.29, 1.82) is 0 Å². The Morgan fingerprint density at radius 1 is 0.984 bits per heavy atom. The second kappa shape index (κ2) is 19.1. The van der Waals surface area contributed by atoms with E-state index in [0.29, 0.717) is 102 Å². The highest BCUT2D eigenvalue weighted by molar-refractivity contribution is 5.75. The third-order valence-electron chi connectivity index (χ3n) is 11.7. The summed E-state index contributed by atoms with van der Waals surface area (Å²) in [6.45, 7) is 12.4. The summed E-state index contributed by atoms with van der Waals surface area (Å²) in [5.74, 6) is 3.96. The number of aromatic nitrogens is 6. The van der Waals surface area contributed by atoms with Gasteiger partial charge in [-0.25, -0.2) is 28.5 Å². The Hall–Kier alpha value is -6.19. The van der Waals surface area contributed by atoms with E-state index < -0.39 is 23.1 Å². The van der Waals surface area contributed by atoms with Crippen molar-refractivity contribution in [3.8, 4) is 23.6 Å². The lowest BCUT2D eigenvalue weighted by Crippen LogP contribution is -2.54. The molecule has 18 heteroatoms. The van der Waals surface area contributed by atoms with Crippen LogP contribution >= 0.6 is 0 Å². The van der Waals surface area contributed by atoms with Gasteiger partial charge in [0.2, 0.25) is 17.7 Å². The Morgan fingerprint density at radius 2 is 1.70 bits per heavy atom. The number of nitrogens with zero attached hydrogens (tertiary/aromatic N) is 9. The number of benzene rings is 1. The first-order valence-electron chi connectivity index (χ1n) is 21.7. The number of imidazole rings is 1. The molecule has 0 spiro atoms. The molecule has 334 valence electrons. The first kappa shape index (κ1) is 43.5. The van der Waals surface area contributed by atoms with Crippen LogP contribution in [0, 0.1) is 18.8 Å². The molecule has 6 heterocycles. The molecule has 2 unspecified atom stereocenters. The second-order valence-corrected chi connectivity index (χ2v) is 16.3. The number of hydrogen-bond donors (Lipinski definition) is 1. The number of aryl methyl sites for hydroxylation is 1. The number of rotatable bonds is 12. The fraction of sp³-hybridized carbons (Fsp3) is 0.511. The number of allylic oxidation sites excluding steroid dienone is 1. The van der Waals surface area contributed by atoms with Gasteiger partial charge >= 0.3 is 11.8 Å². The summed E-state index contributed by atoms with van der Waals surface area (Å²) in [6, 6.07) is 9.52. The molecule has 1 aromatic carbocycles. The summed E-state index contributed by atoms with van der Waals surface area (Å²) in [5, 5.41) is 3.35. The Morgan fingerprint density at radius 3 is 2.40 bits per heavy atom. The number of amides is 1. The van der Waals surface area contributed by atoms with E-state index in [-0.39, 0.29) is 54.3 Å². The first-order valence-corrected chi connectivity index (χ1v) is 21.7. The van der Waals surface area contributed by atoms with E-state index >= 15 is 9.18 Å². The van der Waals surface area contributed by atoms with Crippen molar-refractivity contribution in [2.45, 2.75) is 84.2 Å². The molecular weight excluding hydrogens is 812 g/mol. The lowest BCUT2D eigenvalue weighted by molar-refractivity contribution is 0.00237. The third kappa shape index (κ3) is 9.16. The van der Waals surface area contributed by atoms with Crippen LogP contribution in [-0.2, 0) is 34.8 Å². The number of piperidine rings is 1. The van der Waals surface area contributed by atoms with Gasteiger partial charge in [0.1, 0.15) is 12.4 Å². The number of nitrogens with one attached hydrogen (secondary N) is 1. The van der Waals surface area contributed by atoms with Crippen LogP contribution in [-0.4, -0.2) is 128 Å². The molecule has 4 aromatic rings. The Balaban J connectivity index is 1.22. The largest absolute Gasteiger partial charge is 0.474 e. The maximum absolute atomic E-state index is 19.3. The monoisotopic (exact) mass is 866 g/mol. The fourth-order valence-corrected chi connectivity index (χ4v) is 8.39. The molecule has 0 bridgehead atoms. The minimum absolute atomic E-state index is 0.0216. The first-order chi connectivity index (χ1) is 30.5. The van der Waals surface area contributed by atoms with Gasteiger partial charge in [-0.05, 0) is 51.8 Å². The summed E-state index contributed by atoms with van der Waals surface area (Å²) in [6.07, 6.45) is 5.14. The van der Waals surface area contributed by atoms with Crippen molar-refractivity contribution in [3.05, 3.63) is 92.5 Å². The van der Waals surface area contributed by atoms with Gasteiger partial charge in [-0.15, -0.1) is 5.92 Å². The molecule has 8 rings (SSSR count). The van der Waals surface area contributed by atoms with Gasteiger partial charge in [0.05, 0.1) is 31.4 Å². The molecule has 1 aliphatic carbocycles. The van der Waals surface area contributed by atoms with Crippen molar-refractivity contribution in [3.63, 3.8) is 0 Å². The molecule has 3 fully saturated rings. The number of piperazine rings is 1. The molecule has 0 radical (unpaired) electrons. The molecule has 17 nitrogen and oxygen atoms in total. The maximum atomic E-state index is 19.3. The summed E-state index contributed by atoms with van der Waals surface area (Å²) >= 11 is 0. The normalized spacial score (nSPS) is 20.7. The van der Waals surface area contributed by atoms with E-state index in [4.69, 9.17) is 23.9 Å². The van der Waals surface area contributed by atoms with Crippen LogP contribution in [0.2, 0.25) is 0 Å². The zero-order valence-electron chi connectivity index (χ0n) is 36.3. The average Bonchev–Trinajstić information content (AvgIpc) is 3.67. The van der Waals surface area contributed by atoms with Crippen LogP contribution in [0.5, 0.6) is 11.8 Å². The minimum Gasteiger partial charge on any atom is -0.474 e. The predicted molar refractivity (Wildman–Crippen MR) is 234 cm³/mol. The number of halogens is 1. The molecule has 4 aliphatic rings. The van der Waals surface area contributed by atoms with Crippen LogP contribution in [0.15, 0.2) is 70.2 Å². The van der Waals surface area contributed by atoms with E-state index in [1.807, 2.05) is 54.0 Å². The van der Waals surface area contributed by atoms with Gasteiger partial charge in [0.15, 0.2) is 17.3 Å². The number of anilines is 1. The quantitative estimate of drug-likeness (QED) is 0.207. The van der Waals surface area contributed by atoms with Crippen LogP contribution < -0.4 is 30.9 Å². The van der Waals surface area contributed by atoms with Crippen molar-refractivity contribution in [1.82, 2.24) is 43.8 Å². The molecule has 3 saturated heterocycles. The van der Waals surface area contributed by atoms with Crippen LogP contribution in [0.1, 0.15) is 44.7 Å². The molecule has 3 aliphatic heterocycles. The summed E-state index contributed by atoms with van der Waals surface area (Å²) in [4.78, 5) is 61.9. The van der Waals surface area contributed by atoms with Gasteiger partial charge < -0.3 is 39.0 Å². The van der Waals surface area contributed by atoms with Gasteiger partial charge in [-0.3, -0.25) is 13.9 Å². The molecular formula is C45H55FN10O7. The third-order valence-corrected chi connectivity index (χ3v) is 11.7. The lowest BCUT2D eigenvalue weighted by atomic mass is 9.99. The summed E-state index contributed by atoms with van der Waals surface area (Å²) in [7, 11) is 0. The van der Waals surface area contributed by atoms with E-state index in [2.05, 4.69) is 27.1 Å². The second-order valence-electron chi connectivity index (χ2n) is 16.3. The molecule has 2 atom stereocenters. The zero-order chi connectivity index (χ0) is 44.1. The van der Waals surface area contributed by atoms with Crippen molar-refractivity contribution in [2.24, 2.45) is 0 Å². The molecule has 3 aromatic heterocycles. The highest BCUT2D eigenvalue weighted by Crippen LogP contribution is 2.38. The SMILES string of the molecule is CC#CCn1c(N2CCNCC2)nc2c1c(=O)n(CCc1ccccc1)c(=O)n2C1(F)C=C(N2CCOCC2)C=CC1Oc1ncnc(OC2CCN(C(=O)OC(C)C)CC2)c1C. The number of morpholine rings is 1. The minimum atomic E-state index is -2.76. The maximum Gasteiger partial charge on any atom is 0.410 e. The van der Waals surface area contributed by atoms with Crippen molar-refractivity contribution < 1.29 is 28.1 Å². The van der Waals surface area contributed by atoms with E-state index in [9.17, 15) is 9.59 Å².